The Hall–Kier alpha value is -3.59. The molecule has 9 heteroatoms. The molecular formula is C21H23N7O2. The molecule has 0 bridgehead atoms. The monoisotopic (exact) mass is 405 g/mol. The van der Waals surface area contributed by atoms with E-state index in [1.54, 1.807) is 35.3 Å². The van der Waals surface area contributed by atoms with Gasteiger partial charge in [-0.05, 0) is 19.1 Å². The maximum Gasteiger partial charge on any atom is 0.271 e. The Morgan fingerprint density at radius 3 is 2.63 bits per heavy atom. The smallest absolute Gasteiger partial charge is 0.271 e. The second-order valence-electron chi connectivity index (χ2n) is 7.11. The van der Waals surface area contributed by atoms with E-state index in [2.05, 4.69) is 37.0 Å². The summed E-state index contributed by atoms with van der Waals surface area (Å²) in [5.41, 5.74) is 3.07. The summed E-state index contributed by atoms with van der Waals surface area (Å²) in [6, 6.07) is 8.62. The molecule has 0 spiro atoms. The number of nitro groups is 1. The van der Waals surface area contributed by atoms with Crippen molar-refractivity contribution >= 4 is 17.5 Å². The Labute approximate surface area is 174 Å². The number of benzene rings is 1. The highest BCUT2D eigenvalue weighted by molar-refractivity contribution is 5.54. The van der Waals surface area contributed by atoms with Gasteiger partial charge in [-0.3, -0.25) is 15.0 Å². The van der Waals surface area contributed by atoms with E-state index in [4.69, 9.17) is 0 Å². The Bertz CT molecular complexity index is 1040. The SMILES string of the molecule is Cc1c(C=CCN2CCN(c3cccc([N+](=O)[O-])c3)CC2)cnn1-c1ncccn1. The van der Waals surface area contributed by atoms with Crippen LogP contribution in [-0.2, 0) is 0 Å². The van der Waals surface area contributed by atoms with E-state index in [-0.39, 0.29) is 10.6 Å². The van der Waals surface area contributed by atoms with Gasteiger partial charge in [-0.1, -0.05) is 18.2 Å². The number of piperazine rings is 1. The number of aromatic nitrogens is 4. The van der Waals surface area contributed by atoms with Gasteiger partial charge in [0, 0.05) is 68.5 Å². The van der Waals surface area contributed by atoms with Crippen LogP contribution in [-0.4, -0.2) is 62.3 Å². The lowest BCUT2D eigenvalue weighted by Gasteiger charge is -2.35. The molecule has 0 saturated carbocycles. The third kappa shape index (κ3) is 4.36. The first-order valence-corrected chi connectivity index (χ1v) is 9.82. The van der Waals surface area contributed by atoms with E-state index in [9.17, 15) is 10.1 Å². The molecule has 0 N–H and O–H groups in total. The third-order valence-corrected chi connectivity index (χ3v) is 5.23. The van der Waals surface area contributed by atoms with Gasteiger partial charge in [0.2, 0.25) is 0 Å². The minimum Gasteiger partial charge on any atom is -0.369 e. The number of nitro benzene ring substituents is 1. The lowest BCUT2D eigenvalue weighted by molar-refractivity contribution is -0.384. The number of non-ortho nitro benzene ring substituents is 1. The van der Waals surface area contributed by atoms with E-state index in [1.165, 1.54) is 6.07 Å². The second kappa shape index (κ2) is 8.83. The predicted molar refractivity (Wildman–Crippen MR) is 115 cm³/mol. The second-order valence-corrected chi connectivity index (χ2v) is 7.11. The Morgan fingerprint density at radius 2 is 1.90 bits per heavy atom. The fourth-order valence-electron chi connectivity index (χ4n) is 3.51. The quantitative estimate of drug-likeness (QED) is 0.460. The van der Waals surface area contributed by atoms with Crippen LogP contribution in [0.1, 0.15) is 11.3 Å². The number of anilines is 1. The van der Waals surface area contributed by atoms with Crippen LogP contribution in [0.5, 0.6) is 0 Å². The molecule has 0 amide bonds. The molecule has 0 unspecified atom stereocenters. The van der Waals surface area contributed by atoms with Crippen LogP contribution in [0.25, 0.3) is 12.0 Å². The lowest BCUT2D eigenvalue weighted by atomic mass is 10.2. The molecular weight excluding hydrogens is 382 g/mol. The maximum atomic E-state index is 11.0. The summed E-state index contributed by atoms with van der Waals surface area (Å²) in [5.74, 6) is 0.562. The molecule has 2 aromatic heterocycles. The van der Waals surface area contributed by atoms with Crippen LogP contribution < -0.4 is 4.90 Å². The highest BCUT2D eigenvalue weighted by atomic mass is 16.6. The first-order chi connectivity index (χ1) is 14.6. The van der Waals surface area contributed by atoms with Gasteiger partial charge in [-0.15, -0.1) is 0 Å². The van der Waals surface area contributed by atoms with Crippen molar-refractivity contribution in [2.45, 2.75) is 6.92 Å². The van der Waals surface area contributed by atoms with Gasteiger partial charge in [-0.25, -0.2) is 14.6 Å². The molecule has 1 saturated heterocycles. The molecule has 0 atom stereocenters. The minimum absolute atomic E-state index is 0.134. The summed E-state index contributed by atoms with van der Waals surface area (Å²) in [5, 5.41) is 15.4. The van der Waals surface area contributed by atoms with E-state index >= 15 is 0 Å². The van der Waals surface area contributed by atoms with Crippen molar-refractivity contribution in [2.24, 2.45) is 0 Å². The molecule has 4 rings (SSSR count). The molecule has 1 aromatic carbocycles. The van der Waals surface area contributed by atoms with Crippen molar-refractivity contribution in [3.63, 3.8) is 0 Å². The molecule has 3 heterocycles. The van der Waals surface area contributed by atoms with Gasteiger partial charge in [0.15, 0.2) is 0 Å². The topological polar surface area (TPSA) is 93.2 Å². The first kappa shape index (κ1) is 19.7. The summed E-state index contributed by atoms with van der Waals surface area (Å²) in [6.45, 7) is 6.34. The normalized spacial score (nSPS) is 15.0. The third-order valence-electron chi connectivity index (χ3n) is 5.23. The summed E-state index contributed by atoms with van der Waals surface area (Å²) in [6.07, 6.45) is 9.44. The van der Waals surface area contributed by atoms with E-state index in [1.807, 2.05) is 19.2 Å². The van der Waals surface area contributed by atoms with Gasteiger partial charge in [-0.2, -0.15) is 5.10 Å². The predicted octanol–water partition coefficient (Wildman–Crippen LogP) is 2.71. The van der Waals surface area contributed by atoms with Crippen molar-refractivity contribution in [1.29, 1.82) is 0 Å². The number of nitrogens with zero attached hydrogens (tertiary/aromatic N) is 7. The van der Waals surface area contributed by atoms with Crippen molar-refractivity contribution < 1.29 is 4.92 Å². The van der Waals surface area contributed by atoms with Gasteiger partial charge in [0.1, 0.15) is 0 Å². The molecule has 0 aliphatic carbocycles. The molecule has 3 aromatic rings. The highest BCUT2D eigenvalue weighted by Crippen LogP contribution is 2.22. The number of hydrogen-bond donors (Lipinski definition) is 0. The van der Waals surface area contributed by atoms with Crippen LogP contribution >= 0.6 is 0 Å². The van der Waals surface area contributed by atoms with Crippen LogP contribution in [0, 0.1) is 17.0 Å². The van der Waals surface area contributed by atoms with E-state index in [0.29, 0.717) is 5.95 Å². The Balaban J connectivity index is 1.32. The first-order valence-electron chi connectivity index (χ1n) is 9.82. The van der Waals surface area contributed by atoms with Gasteiger partial charge in [0.25, 0.3) is 11.6 Å². The largest absolute Gasteiger partial charge is 0.369 e. The fourth-order valence-corrected chi connectivity index (χ4v) is 3.51. The zero-order chi connectivity index (χ0) is 20.9. The highest BCUT2D eigenvalue weighted by Gasteiger charge is 2.18. The standard InChI is InChI=1S/C21H23N7O2/c1-17-18(16-24-27(17)21-22-8-4-9-23-21)5-3-10-25-11-13-26(14-12-25)19-6-2-7-20(15-19)28(29)30/h2-9,15-16H,10-14H2,1H3. The van der Waals surface area contributed by atoms with Gasteiger partial charge < -0.3 is 4.90 Å². The molecule has 0 radical (unpaired) electrons. The molecule has 1 aliphatic heterocycles. The number of rotatable bonds is 6. The van der Waals surface area contributed by atoms with E-state index in [0.717, 1.165) is 49.7 Å². The summed E-state index contributed by atoms with van der Waals surface area (Å²) in [4.78, 5) is 23.7. The van der Waals surface area contributed by atoms with Gasteiger partial charge >= 0.3 is 0 Å². The van der Waals surface area contributed by atoms with Gasteiger partial charge in [0.05, 0.1) is 16.8 Å². The fraction of sp³-hybridized carbons (Fsp3) is 0.286. The van der Waals surface area contributed by atoms with Crippen molar-refractivity contribution in [3.8, 4) is 5.95 Å². The van der Waals surface area contributed by atoms with Crippen molar-refractivity contribution in [3.05, 3.63) is 76.4 Å². The van der Waals surface area contributed by atoms with Crippen molar-refractivity contribution in [1.82, 2.24) is 24.6 Å². The summed E-state index contributed by atoms with van der Waals surface area (Å²) >= 11 is 0. The average Bonchev–Trinajstić information content (AvgIpc) is 3.15. The van der Waals surface area contributed by atoms with Crippen molar-refractivity contribution in [2.75, 3.05) is 37.6 Å². The van der Waals surface area contributed by atoms with Crippen LogP contribution in [0.15, 0.2) is 55.0 Å². The van der Waals surface area contributed by atoms with Crippen LogP contribution in [0.3, 0.4) is 0 Å². The number of hydrogen-bond acceptors (Lipinski definition) is 7. The maximum absolute atomic E-state index is 11.0. The molecule has 30 heavy (non-hydrogen) atoms. The van der Waals surface area contributed by atoms with Crippen LogP contribution in [0.2, 0.25) is 0 Å². The summed E-state index contributed by atoms with van der Waals surface area (Å²) in [7, 11) is 0. The zero-order valence-electron chi connectivity index (χ0n) is 16.8. The zero-order valence-corrected chi connectivity index (χ0v) is 16.8. The average molecular weight is 405 g/mol. The minimum atomic E-state index is -0.349. The lowest BCUT2D eigenvalue weighted by Crippen LogP contribution is -2.46. The Kier molecular flexibility index (Phi) is 5.80. The molecule has 9 nitrogen and oxygen atoms in total. The Morgan fingerprint density at radius 1 is 1.13 bits per heavy atom. The molecule has 154 valence electrons. The molecule has 1 aliphatic rings. The van der Waals surface area contributed by atoms with Crippen LogP contribution in [0.4, 0.5) is 11.4 Å². The van der Waals surface area contributed by atoms with E-state index < -0.39 is 0 Å². The summed E-state index contributed by atoms with van der Waals surface area (Å²) < 4.78 is 1.73. The molecule has 1 fully saturated rings.